The Bertz CT molecular complexity index is 300. The van der Waals surface area contributed by atoms with Crippen LogP contribution in [0, 0.1) is 0 Å². The van der Waals surface area contributed by atoms with E-state index < -0.39 is 0 Å². The summed E-state index contributed by atoms with van der Waals surface area (Å²) in [6.45, 7) is 2.65. The van der Waals surface area contributed by atoms with Crippen molar-refractivity contribution < 1.29 is 14.4 Å². The predicted molar refractivity (Wildman–Crippen MR) is 47.6 cm³/mol. The van der Waals surface area contributed by atoms with Crippen molar-refractivity contribution in [1.29, 1.82) is 0 Å². The Morgan fingerprint density at radius 1 is 1.57 bits per heavy atom. The molecule has 0 saturated carbocycles. The molecule has 2 heterocycles. The van der Waals surface area contributed by atoms with E-state index in [1.807, 2.05) is 0 Å². The summed E-state index contributed by atoms with van der Waals surface area (Å²) >= 11 is 0. The highest BCUT2D eigenvalue weighted by Crippen LogP contribution is 2.31. The standard InChI is InChI=1S/C9H14N2O3/c1-2-7-6(3-4-13-7)9-10-8(5-12)11-14-9/h6-7,12H,2-5H2,1H3. The highest BCUT2D eigenvalue weighted by molar-refractivity contribution is 4.99. The molecule has 5 nitrogen and oxygen atoms in total. The normalized spacial score (nSPS) is 27.0. The largest absolute Gasteiger partial charge is 0.388 e. The van der Waals surface area contributed by atoms with Crippen LogP contribution in [-0.4, -0.2) is 28.0 Å². The van der Waals surface area contributed by atoms with Crippen LogP contribution in [0.2, 0.25) is 0 Å². The van der Waals surface area contributed by atoms with Crippen molar-refractivity contribution in [1.82, 2.24) is 10.1 Å². The van der Waals surface area contributed by atoms with Gasteiger partial charge < -0.3 is 14.4 Å². The Hall–Kier alpha value is -0.940. The van der Waals surface area contributed by atoms with Crippen molar-refractivity contribution in [2.75, 3.05) is 6.61 Å². The molecule has 2 atom stereocenters. The molecule has 1 aromatic rings. The molecule has 1 aromatic heterocycles. The van der Waals surface area contributed by atoms with Crippen LogP contribution in [0.25, 0.3) is 0 Å². The van der Waals surface area contributed by atoms with E-state index in [1.165, 1.54) is 0 Å². The van der Waals surface area contributed by atoms with Gasteiger partial charge in [-0.1, -0.05) is 12.1 Å². The van der Waals surface area contributed by atoms with E-state index in [0.29, 0.717) is 11.7 Å². The maximum atomic E-state index is 8.80. The third-order valence-corrected chi connectivity index (χ3v) is 2.55. The van der Waals surface area contributed by atoms with Crippen molar-refractivity contribution >= 4 is 0 Å². The number of nitrogens with zero attached hydrogens (tertiary/aromatic N) is 2. The maximum Gasteiger partial charge on any atom is 0.232 e. The van der Waals surface area contributed by atoms with E-state index >= 15 is 0 Å². The summed E-state index contributed by atoms with van der Waals surface area (Å²) in [5.74, 6) is 1.15. The molecule has 1 fully saturated rings. The first-order valence-electron chi connectivity index (χ1n) is 4.90. The van der Waals surface area contributed by atoms with Gasteiger partial charge in [-0.2, -0.15) is 4.98 Å². The second-order valence-electron chi connectivity index (χ2n) is 3.42. The van der Waals surface area contributed by atoms with Gasteiger partial charge in [0.15, 0.2) is 5.82 Å². The van der Waals surface area contributed by atoms with Gasteiger partial charge in [-0.15, -0.1) is 0 Å². The fourth-order valence-electron chi connectivity index (χ4n) is 1.82. The molecule has 1 N–H and O–H groups in total. The van der Waals surface area contributed by atoms with E-state index in [0.717, 1.165) is 19.4 Å². The topological polar surface area (TPSA) is 68.4 Å². The fourth-order valence-corrected chi connectivity index (χ4v) is 1.82. The first kappa shape index (κ1) is 9.61. The number of aliphatic hydroxyl groups excluding tert-OH is 1. The summed E-state index contributed by atoms with van der Waals surface area (Å²) < 4.78 is 10.6. The van der Waals surface area contributed by atoms with Crippen LogP contribution >= 0.6 is 0 Å². The van der Waals surface area contributed by atoms with Crippen LogP contribution in [0.3, 0.4) is 0 Å². The van der Waals surface area contributed by atoms with Gasteiger partial charge in [0.05, 0.1) is 12.0 Å². The van der Waals surface area contributed by atoms with Crippen LogP contribution in [0.15, 0.2) is 4.52 Å². The molecule has 0 bridgehead atoms. The van der Waals surface area contributed by atoms with Gasteiger partial charge in [-0.25, -0.2) is 0 Å². The summed E-state index contributed by atoms with van der Waals surface area (Å²) in [7, 11) is 0. The van der Waals surface area contributed by atoms with Crippen LogP contribution in [-0.2, 0) is 11.3 Å². The highest BCUT2D eigenvalue weighted by atomic mass is 16.5. The lowest BCUT2D eigenvalue weighted by Crippen LogP contribution is -2.13. The molecular formula is C9H14N2O3. The summed E-state index contributed by atoms with van der Waals surface area (Å²) in [6, 6.07) is 0. The number of ether oxygens (including phenoxy) is 1. The average Bonchev–Trinajstić information content (AvgIpc) is 2.85. The minimum absolute atomic E-state index is 0.173. The predicted octanol–water partition coefficient (Wildman–Crippen LogP) is 0.844. The number of rotatable bonds is 3. The Morgan fingerprint density at radius 2 is 2.43 bits per heavy atom. The van der Waals surface area contributed by atoms with Crippen molar-refractivity contribution in [3.05, 3.63) is 11.7 Å². The molecular weight excluding hydrogens is 184 g/mol. The fraction of sp³-hybridized carbons (Fsp3) is 0.778. The smallest absolute Gasteiger partial charge is 0.232 e. The zero-order valence-corrected chi connectivity index (χ0v) is 8.14. The van der Waals surface area contributed by atoms with E-state index in [4.69, 9.17) is 14.4 Å². The molecule has 1 saturated heterocycles. The molecule has 1 aliphatic rings. The van der Waals surface area contributed by atoms with E-state index in [9.17, 15) is 0 Å². The van der Waals surface area contributed by atoms with Crippen LogP contribution in [0.1, 0.15) is 37.4 Å². The van der Waals surface area contributed by atoms with Crippen molar-refractivity contribution in [2.24, 2.45) is 0 Å². The van der Waals surface area contributed by atoms with E-state index in [1.54, 1.807) is 0 Å². The SMILES string of the molecule is CCC1OCCC1c1nc(CO)no1. The summed E-state index contributed by atoms with van der Waals surface area (Å²) in [4.78, 5) is 4.10. The van der Waals surface area contributed by atoms with Crippen LogP contribution < -0.4 is 0 Å². The number of aromatic nitrogens is 2. The molecule has 14 heavy (non-hydrogen) atoms. The first-order valence-corrected chi connectivity index (χ1v) is 4.90. The molecule has 2 rings (SSSR count). The second-order valence-corrected chi connectivity index (χ2v) is 3.42. The van der Waals surface area contributed by atoms with E-state index in [-0.39, 0.29) is 18.6 Å². The molecule has 0 radical (unpaired) electrons. The van der Waals surface area contributed by atoms with Gasteiger partial charge >= 0.3 is 0 Å². The molecule has 2 unspecified atom stereocenters. The Kier molecular flexibility index (Phi) is 2.79. The Labute approximate surface area is 82.1 Å². The third kappa shape index (κ3) is 1.65. The van der Waals surface area contributed by atoms with Crippen molar-refractivity contribution in [3.8, 4) is 0 Å². The Balaban J connectivity index is 2.13. The number of hydrogen-bond acceptors (Lipinski definition) is 5. The summed E-state index contributed by atoms with van der Waals surface area (Å²) in [6.07, 6.45) is 2.05. The maximum absolute atomic E-state index is 8.80. The lowest BCUT2D eigenvalue weighted by atomic mass is 10.00. The van der Waals surface area contributed by atoms with Gasteiger partial charge in [0.1, 0.15) is 6.61 Å². The summed E-state index contributed by atoms with van der Waals surface area (Å²) in [5, 5.41) is 12.5. The number of aliphatic hydroxyl groups is 1. The zero-order chi connectivity index (χ0) is 9.97. The van der Waals surface area contributed by atoms with Gasteiger partial charge in [-0.05, 0) is 12.8 Å². The molecule has 0 aromatic carbocycles. The summed E-state index contributed by atoms with van der Waals surface area (Å²) in [5.41, 5.74) is 0. The van der Waals surface area contributed by atoms with Gasteiger partial charge in [0, 0.05) is 6.61 Å². The number of hydrogen-bond donors (Lipinski definition) is 1. The van der Waals surface area contributed by atoms with Crippen LogP contribution in [0.4, 0.5) is 0 Å². The molecule has 5 heteroatoms. The van der Waals surface area contributed by atoms with E-state index in [2.05, 4.69) is 17.1 Å². The Morgan fingerprint density at radius 3 is 3.07 bits per heavy atom. The van der Waals surface area contributed by atoms with Crippen molar-refractivity contribution in [2.45, 2.75) is 38.4 Å². The third-order valence-electron chi connectivity index (χ3n) is 2.55. The quantitative estimate of drug-likeness (QED) is 0.779. The van der Waals surface area contributed by atoms with Gasteiger partial charge in [0.25, 0.3) is 0 Å². The van der Waals surface area contributed by atoms with Crippen LogP contribution in [0.5, 0.6) is 0 Å². The molecule has 1 aliphatic heterocycles. The lowest BCUT2D eigenvalue weighted by molar-refractivity contribution is 0.0953. The molecule has 78 valence electrons. The highest BCUT2D eigenvalue weighted by Gasteiger charge is 2.32. The van der Waals surface area contributed by atoms with Crippen molar-refractivity contribution in [3.63, 3.8) is 0 Å². The lowest BCUT2D eigenvalue weighted by Gasteiger charge is -2.11. The minimum Gasteiger partial charge on any atom is -0.388 e. The monoisotopic (exact) mass is 198 g/mol. The first-order chi connectivity index (χ1) is 6.85. The molecule has 0 aliphatic carbocycles. The van der Waals surface area contributed by atoms with Gasteiger partial charge in [-0.3, -0.25) is 0 Å². The molecule has 0 amide bonds. The second kappa shape index (κ2) is 4.06. The minimum atomic E-state index is -0.173. The molecule has 0 spiro atoms. The average molecular weight is 198 g/mol. The zero-order valence-electron chi connectivity index (χ0n) is 8.14. The van der Waals surface area contributed by atoms with Gasteiger partial charge in [0.2, 0.25) is 5.89 Å².